The van der Waals surface area contributed by atoms with Crippen molar-refractivity contribution in [3.8, 4) is 11.5 Å². The molecule has 29 heavy (non-hydrogen) atoms. The minimum absolute atomic E-state index is 0.114. The van der Waals surface area contributed by atoms with Crippen molar-refractivity contribution in [1.82, 2.24) is 0 Å². The van der Waals surface area contributed by atoms with Crippen molar-refractivity contribution >= 4 is 87.1 Å². The molecule has 0 saturated carbocycles. The van der Waals surface area contributed by atoms with Gasteiger partial charge in [0.05, 0.1) is 23.3 Å². The SMILES string of the molecule is CC(=NOCC(Cl)(Cl)Cl)OCCCCOc1c(Cl)cc(OCC=C(Cl)Cl)cc1Cl. The van der Waals surface area contributed by atoms with E-state index >= 15 is 0 Å². The van der Waals surface area contributed by atoms with Crippen LogP contribution < -0.4 is 9.47 Å². The second-order valence-electron chi connectivity index (χ2n) is 5.42. The van der Waals surface area contributed by atoms with Crippen LogP contribution in [0.15, 0.2) is 27.9 Å². The van der Waals surface area contributed by atoms with Crippen LogP contribution in [0.1, 0.15) is 19.8 Å². The Hall–Kier alpha value is -0.140. The lowest BCUT2D eigenvalue weighted by molar-refractivity contribution is 0.135. The Bertz CT molecular complexity index is 681. The summed E-state index contributed by atoms with van der Waals surface area (Å²) in [6.07, 6.45) is 2.91. The zero-order valence-electron chi connectivity index (χ0n) is 15.2. The molecule has 0 spiro atoms. The van der Waals surface area contributed by atoms with E-state index in [2.05, 4.69) is 5.16 Å². The number of benzene rings is 1. The maximum Gasteiger partial charge on any atom is 0.226 e. The van der Waals surface area contributed by atoms with E-state index in [0.717, 1.165) is 0 Å². The van der Waals surface area contributed by atoms with Crippen LogP contribution in [0.2, 0.25) is 10.0 Å². The average Bonchev–Trinajstić information content (AvgIpc) is 2.58. The maximum atomic E-state index is 6.20. The van der Waals surface area contributed by atoms with Gasteiger partial charge in [-0.3, -0.25) is 0 Å². The van der Waals surface area contributed by atoms with Crippen LogP contribution >= 0.6 is 81.2 Å². The number of nitrogens with zero attached hydrogens (tertiary/aromatic N) is 1. The maximum absolute atomic E-state index is 6.20. The van der Waals surface area contributed by atoms with Gasteiger partial charge in [0.25, 0.3) is 0 Å². The summed E-state index contributed by atoms with van der Waals surface area (Å²) in [5, 5.41) is 4.35. The lowest BCUT2D eigenvalue weighted by Crippen LogP contribution is -2.12. The van der Waals surface area contributed by atoms with Crippen molar-refractivity contribution in [2.24, 2.45) is 5.16 Å². The summed E-state index contributed by atoms with van der Waals surface area (Å²) < 4.78 is 15.0. The molecule has 0 N–H and O–H groups in total. The zero-order valence-corrected chi connectivity index (χ0v) is 20.5. The summed E-state index contributed by atoms with van der Waals surface area (Å²) >= 11 is 40.0. The Kier molecular flexibility index (Phi) is 13.0. The van der Waals surface area contributed by atoms with Crippen molar-refractivity contribution in [3.05, 3.63) is 32.7 Å². The normalized spacial score (nSPS) is 11.8. The molecular formula is C17H18Cl7NO4. The summed E-state index contributed by atoms with van der Waals surface area (Å²) in [5.74, 6) is 1.18. The molecule has 0 radical (unpaired) electrons. The van der Waals surface area contributed by atoms with Crippen molar-refractivity contribution in [2.75, 3.05) is 26.4 Å². The molecule has 0 aliphatic rings. The third-order valence-electron chi connectivity index (χ3n) is 2.98. The minimum atomic E-state index is -1.52. The molecule has 0 atom stereocenters. The van der Waals surface area contributed by atoms with E-state index < -0.39 is 3.79 Å². The molecule has 1 aromatic carbocycles. The van der Waals surface area contributed by atoms with Gasteiger partial charge in [-0.25, -0.2) is 0 Å². The molecule has 0 aliphatic carbocycles. The van der Waals surface area contributed by atoms with Crippen LogP contribution in [-0.4, -0.2) is 36.1 Å². The third kappa shape index (κ3) is 13.0. The van der Waals surface area contributed by atoms with E-state index in [4.69, 9.17) is 100 Å². The minimum Gasteiger partial charge on any atom is -0.490 e. The predicted molar refractivity (Wildman–Crippen MR) is 122 cm³/mol. The first-order valence-corrected chi connectivity index (χ1v) is 10.8. The summed E-state index contributed by atoms with van der Waals surface area (Å²) in [4.78, 5) is 4.85. The number of rotatable bonds is 11. The Balaban J connectivity index is 2.32. The zero-order chi connectivity index (χ0) is 21.9. The van der Waals surface area contributed by atoms with Gasteiger partial charge in [-0.2, -0.15) is 0 Å². The summed E-state index contributed by atoms with van der Waals surface area (Å²) in [5.41, 5.74) is 0. The number of halogens is 7. The van der Waals surface area contributed by atoms with Crippen LogP contribution in [0.25, 0.3) is 0 Å². The molecule has 1 aromatic rings. The smallest absolute Gasteiger partial charge is 0.226 e. The van der Waals surface area contributed by atoms with Crippen LogP contribution in [-0.2, 0) is 9.57 Å². The van der Waals surface area contributed by atoms with Gasteiger partial charge < -0.3 is 19.0 Å². The molecule has 0 heterocycles. The molecule has 0 saturated heterocycles. The van der Waals surface area contributed by atoms with E-state index in [1.807, 2.05) is 0 Å². The lowest BCUT2D eigenvalue weighted by atomic mass is 10.3. The Morgan fingerprint density at radius 3 is 2.24 bits per heavy atom. The number of hydrogen-bond donors (Lipinski definition) is 0. The summed E-state index contributed by atoms with van der Waals surface area (Å²) in [6, 6.07) is 3.19. The van der Waals surface area contributed by atoms with E-state index in [-0.39, 0.29) is 17.7 Å². The van der Waals surface area contributed by atoms with Gasteiger partial charge in [-0.15, -0.1) is 0 Å². The first kappa shape index (κ1) is 26.9. The first-order valence-electron chi connectivity index (χ1n) is 8.20. The molecule has 1 rings (SSSR count). The number of ether oxygens (including phenoxy) is 3. The van der Waals surface area contributed by atoms with Crippen LogP contribution in [0.4, 0.5) is 0 Å². The average molecular weight is 549 g/mol. The van der Waals surface area contributed by atoms with Crippen molar-refractivity contribution in [2.45, 2.75) is 23.6 Å². The first-order chi connectivity index (χ1) is 13.6. The molecule has 5 nitrogen and oxygen atoms in total. The second-order valence-corrected chi connectivity index (χ2v) is 9.76. The highest BCUT2D eigenvalue weighted by Crippen LogP contribution is 2.37. The van der Waals surface area contributed by atoms with Gasteiger partial charge in [0.2, 0.25) is 9.69 Å². The van der Waals surface area contributed by atoms with E-state index in [1.165, 1.54) is 6.08 Å². The third-order valence-corrected chi connectivity index (χ3v) is 4.17. The molecular weight excluding hydrogens is 530 g/mol. The molecule has 164 valence electrons. The molecule has 12 heteroatoms. The monoisotopic (exact) mass is 545 g/mol. The Morgan fingerprint density at radius 2 is 1.66 bits per heavy atom. The van der Waals surface area contributed by atoms with Crippen LogP contribution in [0.5, 0.6) is 11.5 Å². The van der Waals surface area contributed by atoms with Crippen LogP contribution in [0.3, 0.4) is 0 Å². The van der Waals surface area contributed by atoms with Crippen molar-refractivity contribution in [3.63, 3.8) is 0 Å². The fourth-order valence-electron chi connectivity index (χ4n) is 1.78. The van der Waals surface area contributed by atoms with Gasteiger partial charge in [0.15, 0.2) is 12.4 Å². The highest BCUT2D eigenvalue weighted by atomic mass is 35.6. The van der Waals surface area contributed by atoms with Crippen LogP contribution in [0, 0.1) is 0 Å². The number of alkyl halides is 3. The molecule has 0 unspecified atom stereocenters. The van der Waals surface area contributed by atoms with Crippen molar-refractivity contribution in [1.29, 1.82) is 0 Å². The Morgan fingerprint density at radius 1 is 1.03 bits per heavy atom. The van der Waals surface area contributed by atoms with E-state index in [1.54, 1.807) is 19.1 Å². The largest absolute Gasteiger partial charge is 0.490 e. The molecule has 0 bridgehead atoms. The molecule has 0 aliphatic heterocycles. The fraction of sp³-hybridized carbons (Fsp3) is 0.471. The second kappa shape index (κ2) is 14.0. The fourth-order valence-corrected chi connectivity index (χ4v) is 2.63. The highest BCUT2D eigenvalue weighted by molar-refractivity contribution is 6.67. The number of hydrogen-bond acceptors (Lipinski definition) is 5. The van der Waals surface area contributed by atoms with E-state index in [9.17, 15) is 0 Å². The highest BCUT2D eigenvalue weighted by Gasteiger charge is 2.20. The standard InChI is InChI=1S/C17H18Cl7NO4/c1-11(25-29-10-17(22,23)24)26-5-2-3-6-28-16-13(18)8-12(9-14(16)19)27-7-4-15(20)21/h4,8-9H,2-3,5-7,10H2,1H3. The molecule has 0 amide bonds. The summed E-state index contributed by atoms with van der Waals surface area (Å²) in [7, 11) is 0. The van der Waals surface area contributed by atoms with Gasteiger partial charge in [0.1, 0.15) is 16.8 Å². The van der Waals surface area contributed by atoms with Crippen molar-refractivity contribution < 1.29 is 19.0 Å². The molecule has 0 fully saturated rings. The predicted octanol–water partition coefficient (Wildman–Crippen LogP) is 7.59. The van der Waals surface area contributed by atoms with E-state index in [0.29, 0.717) is 53.5 Å². The molecule has 0 aromatic heterocycles. The topological polar surface area (TPSA) is 49.3 Å². The number of oxime groups is 1. The van der Waals surface area contributed by atoms with Gasteiger partial charge in [0, 0.05) is 19.1 Å². The quantitative estimate of drug-likeness (QED) is 0.0940. The van der Waals surface area contributed by atoms with Gasteiger partial charge in [-0.05, 0) is 18.9 Å². The summed E-state index contributed by atoms with van der Waals surface area (Å²) in [6.45, 7) is 2.46. The lowest BCUT2D eigenvalue weighted by Gasteiger charge is -2.12. The number of unbranched alkanes of at least 4 members (excludes halogenated alkanes) is 1. The van der Waals surface area contributed by atoms with Gasteiger partial charge >= 0.3 is 0 Å². The Labute approximate surface area is 204 Å². The van der Waals surface area contributed by atoms with Gasteiger partial charge in [-0.1, -0.05) is 86.4 Å².